The standard InChI is InChI=1S/C18H25FN2O2S/c19-15-10-4-5-11-16(15)24-13-18(23)21-20-17(22)12-6-9-14-7-2-1-3-8-14/h4-5,10-11,14H,1-3,6-9,12-13H2,(H,20,22)(H,21,23). The Balaban J connectivity index is 1.55. The van der Waals surface area contributed by atoms with Crippen LogP contribution in [0.25, 0.3) is 0 Å². The van der Waals surface area contributed by atoms with Crippen LogP contribution in [0.1, 0.15) is 51.4 Å². The molecule has 6 heteroatoms. The van der Waals surface area contributed by atoms with Gasteiger partial charge in [-0.3, -0.25) is 20.4 Å². The van der Waals surface area contributed by atoms with Crippen LogP contribution in [0.3, 0.4) is 0 Å². The van der Waals surface area contributed by atoms with Crippen molar-refractivity contribution >= 4 is 23.6 Å². The van der Waals surface area contributed by atoms with Crippen LogP contribution in [-0.2, 0) is 9.59 Å². The molecular weight excluding hydrogens is 327 g/mol. The molecule has 1 aromatic carbocycles. The SMILES string of the molecule is O=C(CCCC1CCCCC1)NNC(=O)CSc1ccccc1F. The van der Waals surface area contributed by atoms with Crippen LogP contribution in [-0.4, -0.2) is 17.6 Å². The average molecular weight is 352 g/mol. The van der Waals surface area contributed by atoms with Crippen molar-refractivity contribution in [3.05, 3.63) is 30.1 Å². The topological polar surface area (TPSA) is 58.2 Å². The molecular formula is C18H25FN2O2S. The molecule has 24 heavy (non-hydrogen) atoms. The zero-order chi connectivity index (χ0) is 17.2. The molecule has 1 aromatic rings. The molecule has 0 aromatic heterocycles. The molecule has 0 radical (unpaired) electrons. The first-order valence-corrected chi connectivity index (χ1v) is 9.58. The maximum Gasteiger partial charge on any atom is 0.248 e. The van der Waals surface area contributed by atoms with Crippen molar-refractivity contribution in [3.63, 3.8) is 0 Å². The van der Waals surface area contributed by atoms with Gasteiger partial charge in [-0.2, -0.15) is 0 Å². The second-order valence-electron chi connectivity index (χ2n) is 6.21. The number of thioether (sulfide) groups is 1. The number of hydrazine groups is 1. The van der Waals surface area contributed by atoms with Crippen LogP contribution in [0.5, 0.6) is 0 Å². The summed E-state index contributed by atoms with van der Waals surface area (Å²) in [6.07, 6.45) is 8.91. The van der Waals surface area contributed by atoms with Crippen molar-refractivity contribution in [2.45, 2.75) is 56.3 Å². The first-order chi connectivity index (χ1) is 11.6. The number of nitrogens with one attached hydrogen (secondary N) is 2. The van der Waals surface area contributed by atoms with Crippen LogP contribution in [0, 0.1) is 11.7 Å². The minimum absolute atomic E-state index is 0.0588. The van der Waals surface area contributed by atoms with Crippen molar-refractivity contribution in [1.82, 2.24) is 10.9 Å². The molecule has 2 N–H and O–H groups in total. The van der Waals surface area contributed by atoms with Crippen molar-refractivity contribution in [1.29, 1.82) is 0 Å². The first kappa shape index (κ1) is 18.8. The lowest BCUT2D eigenvalue weighted by Crippen LogP contribution is -2.42. The average Bonchev–Trinajstić information content (AvgIpc) is 2.60. The van der Waals surface area contributed by atoms with Gasteiger partial charge in [-0.05, 0) is 30.9 Å². The van der Waals surface area contributed by atoms with Gasteiger partial charge in [0.25, 0.3) is 0 Å². The van der Waals surface area contributed by atoms with E-state index in [0.29, 0.717) is 11.3 Å². The molecule has 1 saturated carbocycles. The quantitative estimate of drug-likeness (QED) is 0.579. The van der Waals surface area contributed by atoms with Crippen LogP contribution < -0.4 is 10.9 Å². The Morgan fingerprint density at radius 3 is 2.54 bits per heavy atom. The van der Waals surface area contributed by atoms with E-state index in [1.807, 2.05) is 0 Å². The number of rotatable bonds is 7. The van der Waals surface area contributed by atoms with E-state index >= 15 is 0 Å². The normalized spacial score (nSPS) is 15.0. The van der Waals surface area contributed by atoms with E-state index in [9.17, 15) is 14.0 Å². The highest BCUT2D eigenvalue weighted by atomic mass is 32.2. The molecule has 1 aliphatic carbocycles. The molecule has 0 spiro atoms. The Kier molecular flexibility index (Phi) is 8.08. The molecule has 0 saturated heterocycles. The third-order valence-corrected chi connectivity index (χ3v) is 5.33. The number of amides is 2. The molecule has 0 aliphatic heterocycles. The fourth-order valence-corrected chi connectivity index (χ4v) is 3.71. The Hall–Kier alpha value is -1.56. The van der Waals surface area contributed by atoms with Gasteiger partial charge in [-0.25, -0.2) is 4.39 Å². The Labute approximate surface area is 146 Å². The fourth-order valence-electron chi connectivity index (χ4n) is 2.97. The van der Waals surface area contributed by atoms with Gasteiger partial charge in [0.15, 0.2) is 0 Å². The number of hydrogen-bond acceptors (Lipinski definition) is 3. The minimum Gasteiger partial charge on any atom is -0.273 e. The molecule has 4 nitrogen and oxygen atoms in total. The summed E-state index contributed by atoms with van der Waals surface area (Å²) in [7, 11) is 0. The van der Waals surface area contributed by atoms with Gasteiger partial charge in [0, 0.05) is 11.3 Å². The van der Waals surface area contributed by atoms with E-state index in [-0.39, 0.29) is 23.4 Å². The van der Waals surface area contributed by atoms with Crippen molar-refractivity contribution in [2.24, 2.45) is 5.92 Å². The van der Waals surface area contributed by atoms with E-state index in [0.717, 1.165) is 30.5 Å². The summed E-state index contributed by atoms with van der Waals surface area (Å²) in [6, 6.07) is 6.30. The van der Waals surface area contributed by atoms with Crippen molar-refractivity contribution in [3.8, 4) is 0 Å². The lowest BCUT2D eigenvalue weighted by molar-refractivity contribution is -0.127. The zero-order valence-electron chi connectivity index (χ0n) is 13.9. The first-order valence-electron chi connectivity index (χ1n) is 8.60. The molecule has 1 aliphatic rings. The summed E-state index contributed by atoms with van der Waals surface area (Å²) < 4.78 is 13.4. The highest BCUT2D eigenvalue weighted by molar-refractivity contribution is 8.00. The summed E-state index contributed by atoms with van der Waals surface area (Å²) in [5, 5.41) is 0. The molecule has 0 atom stereocenters. The maximum atomic E-state index is 13.4. The number of carbonyl (C=O) groups excluding carboxylic acids is 2. The predicted molar refractivity (Wildman–Crippen MR) is 93.8 cm³/mol. The van der Waals surface area contributed by atoms with Crippen LogP contribution >= 0.6 is 11.8 Å². The molecule has 0 unspecified atom stereocenters. The Bertz CT molecular complexity index is 548. The Morgan fingerprint density at radius 2 is 1.79 bits per heavy atom. The van der Waals surface area contributed by atoms with Crippen molar-refractivity contribution < 1.29 is 14.0 Å². The largest absolute Gasteiger partial charge is 0.273 e. The molecule has 2 rings (SSSR count). The third-order valence-electron chi connectivity index (χ3n) is 4.28. The maximum absolute atomic E-state index is 13.4. The van der Waals surface area contributed by atoms with E-state index in [1.165, 1.54) is 38.2 Å². The third kappa shape index (κ3) is 6.91. The number of benzene rings is 1. The van der Waals surface area contributed by atoms with Crippen LogP contribution in [0.2, 0.25) is 0 Å². The van der Waals surface area contributed by atoms with Crippen LogP contribution in [0.4, 0.5) is 4.39 Å². The van der Waals surface area contributed by atoms with Gasteiger partial charge in [0.05, 0.1) is 5.75 Å². The van der Waals surface area contributed by atoms with Gasteiger partial charge < -0.3 is 0 Å². The van der Waals surface area contributed by atoms with Crippen LogP contribution in [0.15, 0.2) is 29.2 Å². The van der Waals surface area contributed by atoms with Gasteiger partial charge in [0.2, 0.25) is 11.8 Å². The van der Waals surface area contributed by atoms with Gasteiger partial charge in [0.1, 0.15) is 5.82 Å². The second-order valence-corrected chi connectivity index (χ2v) is 7.23. The van der Waals surface area contributed by atoms with E-state index in [1.54, 1.807) is 18.2 Å². The highest BCUT2D eigenvalue weighted by Gasteiger charge is 2.14. The van der Waals surface area contributed by atoms with E-state index < -0.39 is 0 Å². The van der Waals surface area contributed by atoms with E-state index in [4.69, 9.17) is 0 Å². The van der Waals surface area contributed by atoms with Gasteiger partial charge >= 0.3 is 0 Å². The molecule has 0 heterocycles. The van der Waals surface area contributed by atoms with Gasteiger partial charge in [-0.15, -0.1) is 11.8 Å². The zero-order valence-corrected chi connectivity index (χ0v) is 14.7. The summed E-state index contributed by atoms with van der Waals surface area (Å²) >= 11 is 1.11. The number of halogens is 1. The van der Waals surface area contributed by atoms with Gasteiger partial charge in [-0.1, -0.05) is 44.2 Å². The monoisotopic (exact) mass is 352 g/mol. The smallest absolute Gasteiger partial charge is 0.248 e. The summed E-state index contributed by atoms with van der Waals surface area (Å²) in [4.78, 5) is 23.8. The number of hydrogen-bond donors (Lipinski definition) is 2. The summed E-state index contributed by atoms with van der Waals surface area (Å²) in [6.45, 7) is 0. The molecule has 132 valence electrons. The lowest BCUT2D eigenvalue weighted by atomic mass is 9.86. The Morgan fingerprint density at radius 1 is 1.08 bits per heavy atom. The van der Waals surface area contributed by atoms with E-state index in [2.05, 4.69) is 10.9 Å². The molecule has 0 bridgehead atoms. The van der Waals surface area contributed by atoms with Crippen molar-refractivity contribution in [2.75, 3.05) is 5.75 Å². The summed E-state index contributed by atoms with van der Waals surface area (Å²) in [5.41, 5.74) is 4.80. The predicted octanol–water partition coefficient (Wildman–Crippen LogP) is 3.82. The highest BCUT2D eigenvalue weighted by Crippen LogP contribution is 2.27. The lowest BCUT2D eigenvalue weighted by Gasteiger charge is -2.21. The minimum atomic E-state index is -0.345. The fraction of sp³-hybridized carbons (Fsp3) is 0.556. The second kappa shape index (κ2) is 10.3. The summed E-state index contributed by atoms with van der Waals surface area (Å²) in [5.74, 6) is -0.0391. The molecule has 1 fully saturated rings. The molecule has 2 amide bonds. The number of carbonyl (C=O) groups is 2.